The quantitative estimate of drug-likeness (QED) is 0.658. The van der Waals surface area contributed by atoms with Crippen LogP contribution in [0.3, 0.4) is 0 Å². The van der Waals surface area contributed by atoms with Gasteiger partial charge >= 0.3 is 0 Å². The van der Waals surface area contributed by atoms with Crippen LogP contribution in [0, 0.1) is 15.9 Å². The number of nitrogens with one attached hydrogen (secondary N) is 1. The molecule has 1 N–H and O–H groups in total. The van der Waals surface area contributed by atoms with E-state index < -0.39 is 10.7 Å². The molecule has 21 heavy (non-hydrogen) atoms. The Hall–Kier alpha value is -2.21. The molecule has 7 heteroatoms. The number of nitro groups is 1. The molecule has 0 aliphatic carbocycles. The zero-order valence-corrected chi connectivity index (χ0v) is 12.0. The zero-order valence-electron chi connectivity index (χ0n) is 11.2. The van der Waals surface area contributed by atoms with Crippen molar-refractivity contribution in [2.24, 2.45) is 0 Å². The normalized spacial score (nSPS) is 12.0. The summed E-state index contributed by atoms with van der Waals surface area (Å²) < 4.78 is 12.9. The molecule has 0 saturated carbocycles. The van der Waals surface area contributed by atoms with Crippen LogP contribution in [0.2, 0.25) is 5.02 Å². The molecule has 0 amide bonds. The lowest BCUT2D eigenvalue weighted by atomic mass is 10.1. The van der Waals surface area contributed by atoms with E-state index in [1.165, 1.54) is 12.1 Å². The number of hydrogen-bond acceptors (Lipinski definition) is 4. The summed E-state index contributed by atoms with van der Waals surface area (Å²) >= 11 is 5.78. The van der Waals surface area contributed by atoms with Crippen LogP contribution in [0.25, 0.3) is 0 Å². The van der Waals surface area contributed by atoms with E-state index in [0.29, 0.717) is 22.8 Å². The monoisotopic (exact) mass is 309 g/mol. The van der Waals surface area contributed by atoms with Gasteiger partial charge in [0, 0.05) is 11.1 Å². The first-order valence-corrected chi connectivity index (χ1v) is 6.71. The predicted octanol–water partition coefficient (Wildman–Crippen LogP) is 4.35. The van der Waals surface area contributed by atoms with Crippen LogP contribution in [0.15, 0.2) is 36.5 Å². The Kier molecular flexibility index (Phi) is 4.70. The molecular weight excluding hydrogens is 297 g/mol. The van der Waals surface area contributed by atoms with Crippen molar-refractivity contribution in [2.75, 3.05) is 5.32 Å². The van der Waals surface area contributed by atoms with Crippen LogP contribution in [0.1, 0.15) is 25.1 Å². The van der Waals surface area contributed by atoms with Crippen molar-refractivity contribution in [1.29, 1.82) is 0 Å². The topological polar surface area (TPSA) is 68.1 Å². The van der Waals surface area contributed by atoms with E-state index in [1.54, 1.807) is 18.2 Å². The Morgan fingerprint density at radius 2 is 2.19 bits per heavy atom. The Balaban J connectivity index is 2.30. The molecule has 2 aromatic rings. The third-order valence-electron chi connectivity index (χ3n) is 3.00. The molecule has 1 aromatic carbocycles. The molecule has 0 aliphatic heterocycles. The molecule has 0 bridgehead atoms. The predicted molar refractivity (Wildman–Crippen MR) is 79.0 cm³/mol. The fourth-order valence-corrected chi connectivity index (χ4v) is 2.11. The maximum atomic E-state index is 12.9. The molecule has 0 spiro atoms. The largest absolute Gasteiger partial charge is 0.371 e. The molecule has 0 saturated heterocycles. The van der Waals surface area contributed by atoms with Gasteiger partial charge in [0.05, 0.1) is 22.9 Å². The third-order valence-corrected chi connectivity index (χ3v) is 3.24. The van der Waals surface area contributed by atoms with Gasteiger partial charge in [-0.05, 0) is 30.7 Å². The number of nitro benzene ring substituents is 1. The van der Waals surface area contributed by atoms with Gasteiger partial charge in [-0.15, -0.1) is 0 Å². The number of aromatic nitrogens is 1. The highest BCUT2D eigenvalue weighted by molar-refractivity contribution is 6.30. The minimum Gasteiger partial charge on any atom is -0.371 e. The van der Waals surface area contributed by atoms with Crippen molar-refractivity contribution >= 4 is 23.0 Å². The summed E-state index contributed by atoms with van der Waals surface area (Å²) in [7, 11) is 0. The van der Waals surface area contributed by atoms with Crippen molar-refractivity contribution in [3.05, 3.63) is 63.2 Å². The fraction of sp³-hybridized carbons (Fsp3) is 0.214. The van der Waals surface area contributed by atoms with E-state index in [0.717, 1.165) is 6.20 Å². The Labute approximate surface area is 125 Å². The summed E-state index contributed by atoms with van der Waals surface area (Å²) in [5.41, 5.74) is 0.855. The van der Waals surface area contributed by atoms with Gasteiger partial charge < -0.3 is 5.32 Å². The van der Waals surface area contributed by atoms with Crippen molar-refractivity contribution in [2.45, 2.75) is 19.4 Å². The summed E-state index contributed by atoms with van der Waals surface area (Å²) in [5.74, 6) is -0.425. The van der Waals surface area contributed by atoms with Gasteiger partial charge in [-0.25, -0.2) is 4.39 Å². The number of halogens is 2. The van der Waals surface area contributed by atoms with Crippen LogP contribution < -0.4 is 5.32 Å². The molecule has 1 unspecified atom stereocenters. The SMILES string of the molecule is CCC(Nc1ccc(Cl)cc1[N+](=O)[O-])c1ccc(F)cn1. The first-order valence-electron chi connectivity index (χ1n) is 6.33. The highest BCUT2D eigenvalue weighted by Crippen LogP contribution is 2.31. The Bertz CT molecular complexity index is 649. The molecule has 1 atom stereocenters. The van der Waals surface area contributed by atoms with Gasteiger partial charge in [-0.2, -0.15) is 0 Å². The first-order chi connectivity index (χ1) is 10.0. The Morgan fingerprint density at radius 3 is 2.76 bits per heavy atom. The van der Waals surface area contributed by atoms with Gasteiger partial charge in [-0.3, -0.25) is 15.1 Å². The number of hydrogen-bond donors (Lipinski definition) is 1. The maximum absolute atomic E-state index is 12.9. The van der Waals surface area contributed by atoms with Crippen LogP contribution in [0.5, 0.6) is 0 Å². The smallest absolute Gasteiger partial charge is 0.293 e. The zero-order chi connectivity index (χ0) is 15.4. The second-order valence-electron chi connectivity index (χ2n) is 4.43. The summed E-state index contributed by atoms with van der Waals surface area (Å²) in [6.45, 7) is 1.91. The van der Waals surface area contributed by atoms with E-state index >= 15 is 0 Å². The summed E-state index contributed by atoms with van der Waals surface area (Å²) in [4.78, 5) is 14.6. The van der Waals surface area contributed by atoms with E-state index in [-0.39, 0.29) is 11.7 Å². The molecule has 5 nitrogen and oxygen atoms in total. The van der Waals surface area contributed by atoms with Gasteiger partial charge in [-0.1, -0.05) is 18.5 Å². The van der Waals surface area contributed by atoms with Crippen LogP contribution in [0.4, 0.5) is 15.8 Å². The average molecular weight is 310 g/mol. The van der Waals surface area contributed by atoms with Crippen molar-refractivity contribution in [3.8, 4) is 0 Å². The average Bonchev–Trinajstić information content (AvgIpc) is 2.47. The molecule has 110 valence electrons. The van der Waals surface area contributed by atoms with Crippen molar-refractivity contribution < 1.29 is 9.31 Å². The second kappa shape index (κ2) is 6.49. The molecule has 0 radical (unpaired) electrons. The van der Waals surface area contributed by atoms with Gasteiger partial charge in [0.15, 0.2) is 0 Å². The summed E-state index contributed by atoms with van der Waals surface area (Å²) in [6.07, 6.45) is 1.76. The maximum Gasteiger partial charge on any atom is 0.293 e. The standard InChI is InChI=1S/C14H13ClFN3O2/c1-2-11(12-6-4-10(16)8-17-12)18-13-5-3-9(15)7-14(13)19(20)21/h3-8,11,18H,2H2,1H3. The fourth-order valence-electron chi connectivity index (χ4n) is 1.94. The number of pyridine rings is 1. The molecule has 2 rings (SSSR count). The number of rotatable bonds is 5. The van der Waals surface area contributed by atoms with E-state index in [1.807, 2.05) is 6.92 Å². The summed E-state index contributed by atoms with van der Waals surface area (Å²) in [6, 6.07) is 7.01. The summed E-state index contributed by atoms with van der Waals surface area (Å²) in [5, 5.41) is 14.4. The van der Waals surface area contributed by atoms with Crippen molar-refractivity contribution in [1.82, 2.24) is 4.98 Å². The van der Waals surface area contributed by atoms with Crippen LogP contribution >= 0.6 is 11.6 Å². The van der Waals surface area contributed by atoms with E-state index in [4.69, 9.17) is 11.6 Å². The molecular formula is C14H13ClFN3O2. The van der Waals surface area contributed by atoms with Gasteiger partial charge in [0.1, 0.15) is 11.5 Å². The lowest BCUT2D eigenvalue weighted by Crippen LogP contribution is -2.12. The molecule has 1 aromatic heterocycles. The highest BCUT2D eigenvalue weighted by Gasteiger charge is 2.18. The number of anilines is 1. The van der Waals surface area contributed by atoms with Gasteiger partial charge in [0.25, 0.3) is 5.69 Å². The highest BCUT2D eigenvalue weighted by atomic mass is 35.5. The van der Waals surface area contributed by atoms with Crippen LogP contribution in [-0.2, 0) is 0 Å². The van der Waals surface area contributed by atoms with E-state index in [2.05, 4.69) is 10.3 Å². The molecule has 0 aliphatic rings. The molecule has 1 heterocycles. The minimum atomic E-state index is -0.501. The lowest BCUT2D eigenvalue weighted by Gasteiger charge is -2.17. The molecule has 0 fully saturated rings. The number of benzene rings is 1. The first kappa shape index (κ1) is 15.2. The number of nitrogens with zero attached hydrogens (tertiary/aromatic N) is 2. The van der Waals surface area contributed by atoms with Crippen molar-refractivity contribution in [3.63, 3.8) is 0 Å². The van der Waals surface area contributed by atoms with E-state index in [9.17, 15) is 14.5 Å². The Morgan fingerprint density at radius 1 is 1.43 bits per heavy atom. The van der Waals surface area contributed by atoms with Crippen LogP contribution in [-0.4, -0.2) is 9.91 Å². The minimum absolute atomic E-state index is 0.108. The third kappa shape index (κ3) is 3.66. The lowest BCUT2D eigenvalue weighted by molar-refractivity contribution is -0.384. The van der Waals surface area contributed by atoms with Gasteiger partial charge in [0.2, 0.25) is 0 Å². The second-order valence-corrected chi connectivity index (χ2v) is 4.86.